The molecule has 0 aliphatic heterocycles. The number of halogens is 5. The maximum absolute atomic E-state index is 13.7. The van der Waals surface area contributed by atoms with Crippen LogP contribution in [0.4, 0.5) is 27.6 Å². The van der Waals surface area contributed by atoms with Crippen molar-refractivity contribution < 1.29 is 31.2 Å². The Bertz CT molecular complexity index is 1530. The first kappa shape index (κ1) is 25.3. The van der Waals surface area contributed by atoms with Crippen molar-refractivity contribution >= 4 is 29.2 Å². The number of hydrogen-bond donors (Lipinski definition) is 2. The molecule has 1 aromatic heterocycles. The largest absolute Gasteiger partial charge is 0.573 e. The second-order valence-corrected chi connectivity index (χ2v) is 8.68. The number of aromatic nitrogens is 1. The van der Waals surface area contributed by atoms with Gasteiger partial charge >= 0.3 is 6.36 Å². The van der Waals surface area contributed by atoms with E-state index in [1.165, 1.54) is 30.3 Å². The van der Waals surface area contributed by atoms with Gasteiger partial charge in [0.25, 0.3) is 0 Å². The molecule has 0 saturated heterocycles. The highest BCUT2D eigenvalue weighted by molar-refractivity contribution is 7.80. The molecule has 0 unspecified atom stereocenters. The van der Waals surface area contributed by atoms with E-state index >= 15 is 0 Å². The SMILES string of the molecule is Fc1ccc(NC(=S)NN=Cc2ccc3c(c2)CCc2c-3noc2-c2ccc(OC(F)(F)F)cc2)c(F)c1. The third kappa shape index (κ3) is 5.65. The number of nitrogens with one attached hydrogen (secondary N) is 2. The molecule has 0 fully saturated rings. The van der Waals surface area contributed by atoms with Gasteiger partial charge in [-0.3, -0.25) is 5.43 Å². The van der Waals surface area contributed by atoms with Gasteiger partial charge in [-0.2, -0.15) is 5.10 Å². The summed E-state index contributed by atoms with van der Waals surface area (Å²) in [5.41, 5.74) is 7.41. The number of alkyl halides is 3. The predicted molar refractivity (Wildman–Crippen MR) is 135 cm³/mol. The highest BCUT2D eigenvalue weighted by Crippen LogP contribution is 2.39. The fourth-order valence-corrected chi connectivity index (χ4v) is 4.25. The molecule has 0 saturated carbocycles. The van der Waals surface area contributed by atoms with Gasteiger partial charge in [-0.05, 0) is 78.7 Å². The lowest BCUT2D eigenvalue weighted by Crippen LogP contribution is -2.24. The van der Waals surface area contributed by atoms with Crippen molar-refractivity contribution in [3.8, 4) is 28.3 Å². The molecule has 0 spiro atoms. The standard InChI is InChI=1S/C26H17F5N4O2S/c27-17-5-10-22(21(28)12-17)33-25(38)34-32-13-14-1-8-19-16(11-14)4-9-20-23(19)35-37-24(20)15-2-6-18(7-3-15)36-26(29,30)31/h1-3,5-8,10-13H,4,9H2,(H2,33,34,38). The van der Waals surface area contributed by atoms with Gasteiger partial charge in [0.15, 0.2) is 10.9 Å². The lowest BCUT2D eigenvalue weighted by Gasteiger charge is -2.16. The Morgan fingerprint density at radius 1 is 1.03 bits per heavy atom. The Morgan fingerprint density at radius 3 is 2.55 bits per heavy atom. The zero-order valence-corrected chi connectivity index (χ0v) is 20.1. The highest BCUT2D eigenvalue weighted by Gasteiger charge is 2.31. The Balaban J connectivity index is 1.27. The second kappa shape index (κ2) is 10.2. The molecule has 38 heavy (non-hydrogen) atoms. The first-order valence-electron chi connectivity index (χ1n) is 11.2. The van der Waals surface area contributed by atoms with E-state index in [-0.39, 0.29) is 16.5 Å². The summed E-state index contributed by atoms with van der Waals surface area (Å²) >= 11 is 5.09. The van der Waals surface area contributed by atoms with Gasteiger partial charge in [-0.1, -0.05) is 17.3 Å². The minimum absolute atomic E-state index is 0.0150. The molecule has 3 aromatic carbocycles. The number of ether oxygens (including phenoxy) is 1. The normalized spacial score (nSPS) is 12.7. The van der Waals surface area contributed by atoms with Crippen LogP contribution in [0.1, 0.15) is 16.7 Å². The maximum Gasteiger partial charge on any atom is 0.573 e. The third-order valence-corrected chi connectivity index (χ3v) is 5.92. The molecule has 6 nitrogen and oxygen atoms in total. The zero-order chi connectivity index (χ0) is 26.9. The van der Waals surface area contributed by atoms with Crippen molar-refractivity contribution in [2.75, 3.05) is 5.32 Å². The molecular formula is C26H17F5N4O2S. The summed E-state index contributed by atoms with van der Waals surface area (Å²) in [6, 6.07) is 14.2. The number of hydrogen-bond acceptors (Lipinski definition) is 5. The van der Waals surface area contributed by atoms with Crippen LogP contribution in [0.5, 0.6) is 5.75 Å². The fourth-order valence-electron chi connectivity index (χ4n) is 4.09. The van der Waals surface area contributed by atoms with Crippen LogP contribution >= 0.6 is 12.2 Å². The Kier molecular flexibility index (Phi) is 6.81. The van der Waals surface area contributed by atoms with Gasteiger partial charge in [0.05, 0.1) is 11.9 Å². The number of aryl methyl sites for hydroxylation is 1. The summed E-state index contributed by atoms with van der Waals surface area (Å²) in [7, 11) is 0. The molecule has 1 aliphatic carbocycles. The molecule has 5 rings (SSSR count). The van der Waals surface area contributed by atoms with Crippen molar-refractivity contribution in [2.45, 2.75) is 19.2 Å². The van der Waals surface area contributed by atoms with E-state index in [0.29, 0.717) is 29.9 Å². The molecule has 0 bridgehead atoms. The van der Waals surface area contributed by atoms with E-state index in [2.05, 4.69) is 25.7 Å². The molecule has 12 heteroatoms. The van der Waals surface area contributed by atoms with Crippen molar-refractivity contribution in [2.24, 2.45) is 5.10 Å². The number of benzene rings is 3. The van der Waals surface area contributed by atoms with Gasteiger partial charge in [0, 0.05) is 22.8 Å². The van der Waals surface area contributed by atoms with Gasteiger partial charge in [0.1, 0.15) is 23.1 Å². The van der Waals surface area contributed by atoms with E-state index in [0.717, 1.165) is 34.4 Å². The van der Waals surface area contributed by atoms with Crippen LogP contribution in [0.2, 0.25) is 0 Å². The van der Waals surface area contributed by atoms with Crippen LogP contribution < -0.4 is 15.5 Å². The lowest BCUT2D eigenvalue weighted by molar-refractivity contribution is -0.274. The topological polar surface area (TPSA) is 71.7 Å². The zero-order valence-electron chi connectivity index (χ0n) is 19.3. The van der Waals surface area contributed by atoms with Gasteiger partial charge < -0.3 is 14.6 Å². The molecule has 4 aromatic rings. The van der Waals surface area contributed by atoms with Crippen molar-refractivity contribution in [3.63, 3.8) is 0 Å². The molecule has 0 amide bonds. The van der Waals surface area contributed by atoms with Crippen molar-refractivity contribution in [3.05, 3.63) is 89.0 Å². The Morgan fingerprint density at radius 2 is 1.82 bits per heavy atom. The second-order valence-electron chi connectivity index (χ2n) is 8.28. The first-order valence-corrected chi connectivity index (χ1v) is 11.6. The van der Waals surface area contributed by atoms with Gasteiger partial charge in [0.2, 0.25) is 0 Å². The van der Waals surface area contributed by atoms with Gasteiger partial charge in [-0.25, -0.2) is 8.78 Å². The van der Waals surface area contributed by atoms with E-state index in [1.54, 1.807) is 6.21 Å². The number of anilines is 1. The molecule has 1 heterocycles. The molecule has 194 valence electrons. The van der Waals surface area contributed by atoms with Gasteiger partial charge in [-0.15, -0.1) is 13.2 Å². The average molecular weight is 545 g/mol. The van der Waals surface area contributed by atoms with E-state index in [4.69, 9.17) is 16.7 Å². The van der Waals surface area contributed by atoms with Crippen molar-refractivity contribution in [1.29, 1.82) is 0 Å². The number of fused-ring (bicyclic) bond motifs is 3. The minimum atomic E-state index is -4.76. The number of hydrazone groups is 1. The van der Waals surface area contributed by atoms with Crippen LogP contribution in [0, 0.1) is 11.6 Å². The average Bonchev–Trinajstić information content (AvgIpc) is 3.30. The Labute approximate surface area is 218 Å². The molecule has 0 radical (unpaired) electrons. The van der Waals surface area contributed by atoms with Crippen LogP contribution in [0.25, 0.3) is 22.6 Å². The Hall–Kier alpha value is -4.32. The summed E-state index contributed by atoms with van der Waals surface area (Å²) in [5.74, 6) is -1.30. The quantitative estimate of drug-likeness (QED) is 0.128. The maximum atomic E-state index is 13.7. The summed E-state index contributed by atoms with van der Waals surface area (Å²) in [6.45, 7) is 0. The predicted octanol–water partition coefficient (Wildman–Crippen LogP) is 6.60. The molecule has 0 atom stereocenters. The summed E-state index contributed by atoms with van der Waals surface area (Å²) in [4.78, 5) is 0. The third-order valence-electron chi connectivity index (χ3n) is 5.73. The summed E-state index contributed by atoms with van der Waals surface area (Å²) in [5, 5.41) is 10.9. The monoisotopic (exact) mass is 544 g/mol. The summed E-state index contributed by atoms with van der Waals surface area (Å²) in [6.07, 6.45) is -1.91. The first-order chi connectivity index (χ1) is 18.2. The van der Waals surface area contributed by atoms with Crippen LogP contribution in [-0.4, -0.2) is 22.8 Å². The van der Waals surface area contributed by atoms with E-state index in [1.807, 2.05) is 18.2 Å². The smallest absolute Gasteiger partial charge is 0.406 e. The molecule has 1 aliphatic rings. The van der Waals surface area contributed by atoms with Crippen LogP contribution in [-0.2, 0) is 12.8 Å². The number of rotatable bonds is 5. The number of thiocarbonyl (C=S) groups is 1. The van der Waals surface area contributed by atoms with Crippen LogP contribution in [0.15, 0.2) is 70.3 Å². The fraction of sp³-hybridized carbons (Fsp3) is 0.115. The minimum Gasteiger partial charge on any atom is -0.406 e. The van der Waals surface area contributed by atoms with Crippen LogP contribution in [0.3, 0.4) is 0 Å². The number of nitrogens with zero attached hydrogens (tertiary/aromatic N) is 2. The molecular weight excluding hydrogens is 527 g/mol. The van der Waals surface area contributed by atoms with Crippen molar-refractivity contribution in [1.82, 2.24) is 10.6 Å². The van der Waals surface area contributed by atoms with E-state index < -0.39 is 18.0 Å². The highest BCUT2D eigenvalue weighted by atomic mass is 32.1. The lowest BCUT2D eigenvalue weighted by atomic mass is 9.87. The summed E-state index contributed by atoms with van der Waals surface area (Å²) < 4.78 is 73.5. The molecule has 2 N–H and O–H groups in total. The van der Waals surface area contributed by atoms with E-state index in [9.17, 15) is 22.0 Å².